The third-order valence-corrected chi connectivity index (χ3v) is 6.58. The Morgan fingerprint density at radius 3 is 2.35 bits per heavy atom. The van der Waals surface area contributed by atoms with E-state index in [9.17, 15) is 8.42 Å². The molecule has 0 radical (unpaired) electrons. The molecule has 0 amide bonds. The van der Waals surface area contributed by atoms with Crippen molar-refractivity contribution in [3.05, 3.63) is 46.3 Å². The Bertz CT molecular complexity index is 816. The maximum absolute atomic E-state index is 13.2. The minimum absolute atomic E-state index is 0.238. The lowest BCUT2D eigenvalue weighted by Gasteiger charge is -2.24. The van der Waals surface area contributed by atoms with Gasteiger partial charge in [0.25, 0.3) is 0 Å². The van der Waals surface area contributed by atoms with Gasteiger partial charge in [-0.3, -0.25) is 0 Å². The van der Waals surface area contributed by atoms with Gasteiger partial charge in [0.15, 0.2) is 0 Å². The second-order valence-corrected chi connectivity index (χ2v) is 8.19. The number of aryl methyl sites for hydroxylation is 4. The van der Waals surface area contributed by atoms with Crippen LogP contribution in [0, 0.1) is 27.7 Å². The van der Waals surface area contributed by atoms with Crippen LogP contribution in [0.4, 0.5) is 0 Å². The Balaban J connectivity index is 2.06. The van der Waals surface area contributed by atoms with Gasteiger partial charge in [0.2, 0.25) is 10.0 Å². The van der Waals surface area contributed by atoms with Gasteiger partial charge in [-0.2, -0.15) is 4.31 Å². The zero-order valence-corrected chi connectivity index (χ0v) is 14.8. The van der Waals surface area contributed by atoms with E-state index in [-0.39, 0.29) is 6.04 Å². The van der Waals surface area contributed by atoms with E-state index < -0.39 is 10.0 Å². The van der Waals surface area contributed by atoms with E-state index in [1.807, 2.05) is 45.9 Å². The minimum atomic E-state index is -3.55. The topological polar surface area (TPSA) is 63.4 Å². The van der Waals surface area contributed by atoms with Crippen LogP contribution in [0.3, 0.4) is 0 Å². The van der Waals surface area contributed by atoms with E-state index in [4.69, 9.17) is 4.52 Å². The molecule has 0 bridgehead atoms. The molecular weight excluding hydrogens is 312 g/mol. The number of nitrogens with zero attached hydrogens (tertiary/aromatic N) is 2. The van der Waals surface area contributed by atoms with Crippen molar-refractivity contribution in [1.82, 2.24) is 9.46 Å². The number of aromatic nitrogens is 1. The Kier molecular flexibility index (Phi) is 4.06. The Morgan fingerprint density at radius 2 is 1.78 bits per heavy atom. The van der Waals surface area contributed by atoms with Crippen molar-refractivity contribution < 1.29 is 12.9 Å². The molecule has 124 valence electrons. The highest BCUT2D eigenvalue weighted by atomic mass is 32.2. The summed E-state index contributed by atoms with van der Waals surface area (Å²) in [6.45, 7) is 8.04. The highest BCUT2D eigenvalue weighted by Crippen LogP contribution is 2.37. The maximum Gasteiger partial charge on any atom is 0.244 e. The smallest absolute Gasteiger partial charge is 0.244 e. The van der Waals surface area contributed by atoms with Crippen LogP contribution in [0.5, 0.6) is 0 Å². The van der Waals surface area contributed by atoms with Crippen LogP contribution >= 0.6 is 0 Å². The second kappa shape index (κ2) is 5.76. The van der Waals surface area contributed by atoms with Gasteiger partial charge in [-0.05, 0) is 51.7 Å². The standard InChI is InChI=1S/C17H22N2O3S/c1-11-8-12(2)17(13(3)9-11)23(20,21)19-7-5-6-16(19)15-10-14(4)22-18-15/h8-10,16H,5-7H2,1-4H3/t16-/m0/s1. The van der Waals surface area contributed by atoms with Crippen LogP contribution in [-0.2, 0) is 10.0 Å². The van der Waals surface area contributed by atoms with E-state index in [1.54, 1.807) is 4.31 Å². The summed E-state index contributed by atoms with van der Waals surface area (Å²) in [5.41, 5.74) is 3.36. The first-order chi connectivity index (χ1) is 10.8. The fraction of sp³-hybridized carbons (Fsp3) is 0.471. The quantitative estimate of drug-likeness (QED) is 0.862. The van der Waals surface area contributed by atoms with Crippen molar-refractivity contribution in [2.24, 2.45) is 0 Å². The van der Waals surface area contributed by atoms with Crippen molar-refractivity contribution in [2.75, 3.05) is 6.54 Å². The molecule has 6 heteroatoms. The van der Waals surface area contributed by atoms with E-state index in [0.29, 0.717) is 22.9 Å². The molecule has 1 fully saturated rings. The maximum atomic E-state index is 13.2. The highest BCUT2D eigenvalue weighted by molar-refractivity contribution is 7.89. The number of benzene rings is 1. The predicted octanol–water partition coefficient (Wildman–Crippen LogP) is 3.43. The van der Waals surface area contributed by atoms with E-state index in [0.717, 1.165) is 29.5 Å². The Morgan fingerprint density at radius 1 is 1.13 bits per heavy atom. The molecule has 1 atom stereocenters. The summed E-state index contributed by atoms with van der Waals surface area (Å²) < 4.78 is 33.2. The molecule has 0 unspecified atom stereocenters. The third-order valence-electron chi connectivity index (χ3n) is 4.36. The van der Waals surface area contributed by atoms with Crippen molar-refractivity contribution in [3.8, 4) is 0 Å². The molecule has 2 aromatic rings. The van der Waals surface area contributed by atoms with E-state index >= 15 is 0 Å². The molecule has 1 aromatic heterocycles. The van der Waals surface area contributed by atoms with Crippen LogP contribution in [0.2, 0.25) is 0 Å². The zero-order chi connectivity index (χ0) is 16.8. The van der Waals surface area contributed by atoms with Gasteiger partial charge in [0, 0.05) is 12.6 Å². The van der Waals surface area contributed by atoms with Crippen molar-refractivity contribution in [1.29, 1.82) is 0 Å². The van der Waals surface area contributed by atoms with Crippen molar-refractivity contribution in [3.63, 3.8) is 0 Å². The molecule has 1 aliphatic rings. The van der Waals surface area contributed by atoms with Gasteiger partial charge in [-0.1, -0.05) is 22.9 Å². The first-order valence-corrected chi connectivity index (χ1v) is 9.27. The largest absolute Gasteiger partial charge is 0.361 e. The number of rotatable bonds is 3. The molecule has 0 N–H and O–H groups in total. The summed E-state index contributed by atoms with van der Waals surface area (Å²) in [7, 11) is -3.55. The average molecular weight is 334 g/mol. The van der Waals surface area contributed by atoms with Crippen LogP contribution in [0.25, 0.3) is 0 Å². The highest BCUT2D eigenvalue weighted by Gasteiger charge is 2.39. The van der Waals surface area contributed by atoms with Gasteiger partial charge in [-0.15, -0.1) is 0 Å². The Labute approximate surface area is 137 Å². The lowest BCUT2D eigenvalue weighted by molar-refractivity contribution is 0.349. The van der Waals surface area contributed by atoms with Crippen LogP contribution < -0.4 is 0 Å². The Hall–Kier alpha value is -1.66. The molecule has 1 saturated heterocycles. The molecule has 1 aliphatic heterocycles. The molecule has 0 saturated carbocycles. The van der Waals surface area contributed by atoms with Crippen LogP contribution in [-0.4, -0.2) is 24.4 Å². The molecule has 5 nitrogen and oxygen atoms in total. The monoisotopic (exact) mass is 334 g/mol. The van der Waals surface area contributed by atoms with Gasteiger partial charge in [-0.25, -0.2) is 8.42 Å². The summed E-state index contributed by atoms with van der Waals surface area (Å²) in [6.07, 6.45) is 1.61. The van der Waals surface area contributed by atoms with Gasteiger partial charge in [0.05, 0.1) is 10.9 Å². The molecule has 3 rings (SSSR count). The normalized spacial score (nSPS) is 19.4. The van der Waals surface area contributed by atoms with E-state index in [1.165, 1.54) is 0 Å². The summed E-state index contributed by atoms with van der Waals surface area (Å²) >= 11 is 0. The average Bonchev–Trinajstić information content (AvgIpc) is 3.05. The van der Waals surface area contributed by atoms with Crippen molar-refractivity contribution >= 4 is 10.0 Å². The molecule has 2 heterocycles. The zero-order valence-electron chi connectivity index (χ0n) is 14.0. The SMILES string of the molecule is Cc1cc(C)c(S(=O)(=O)N2CCC[C@H]2c2cc(C)on2)c(C)c1. The fourth-order valence-electron chi connectivity index (χ4n) is 3.56. The lowest BCUT2D eigenvalue weighted by atomic mass is 10.1. The summed E-state index contributed by atoms with van der Waals surface area (Å²) in [5, 5.41) is 4.03. The second-order valence-electron chi connectivity index (χ2n) is 6.36. The first kappa shape index (κ1) is 16.2. The molecule has 0 spiro atoms. The summed E-state index contributed by atoms with van der Waals surface area (Å²) in [6, 6.07) is 5.43. The van der Waals surface area contributed by atoms with E-state index in [2.05, 4.69) is 5.16 Å². The van der Waals surface area contributed by atoms with Crippen molar-refractivity contribution in [2.45, 2.75) is 51.5 Å². The summed E-state index contributed by atoms with van der Waals surface area (Å²) in [5.74, 6) is 0.701. The number of hydrogen-bond acceptors (Lipinski definition) is 4. The van der Waals surface area contributed by atoms with Crippen LogP contribution in [0.15, 0.2) is 27.6 Å². The molecule has 23 heavy (non-hydrogen) atoms. The number of hydrogen-bond donors (Lipinski definition) is 0. The third kappa shape index (κ3) is 2.81. The predicted molar refractivity (Wildman–Crippen MR) is 87.8 cm³/mol. The lowest BCUT2D eigenvalue weighted by Crippen LogP contribution is -2.32. The molecule has 1 aromatic carbocycles. The summed E-state index contributed by atoms with van der Waals surface area (Å²) in [4.78, 5) is 0.426. The minimum Gasteiger partial charge on any atom is -0.361 e. The number of sulfonamides is 1. The molecular formula is C17H22N2O3S. The van der Waals surface area contributed by atoms with Gasteiger partial charge >= 0.3 is 0 Å². The fourth-order valence-corrected chi connectivity index (χ4v) is 5.64. The van der Waals surface area contributed by atoms with Gasteiger partial charge in [0.1, 0.15) is 11.5 Å². The van der Waals surface area contributed by atoms with Crippen LogP contribution in [0.1, 0.15) is 47.0 Å². The first-order valence-electron chi connectivity index (χ1n) is 7.83. The van der Waals surface area contributed by atoms with Gasteiger partial charge < -0.3 is 4.52 Å². The molecule has 0 aliphatic carbocycles.